The van der Waals surface area contributed by atoms with E-state index in [1.54, 1.807) is 42.5 Å². The van der Waals surface area contributed by atoms with E-state index in [-0.39, 0.29) is 28.9 Å². The number of anilines is 2. The maximum absolute atomic E-state index is 13.0. The number of pyridine rings is 1. The van der Waals surface area contributed by atoms with Gasteiger partial charge in [-0.3, -0.25) is 9.78 Å². The number of nitrogens with zero attached hydrogens (tertiary/aromatic N) is 4. The number of phenols is 1. The normalized spacial score (nSPS) is 11.8. The van der Waals surface area contributed by atoms with Gasteiger partial charge in [-0.25, -0.2) is 9.97 Å². The van der Waals surface area contributed by atoms with E-state index in [0.717, 1.165) is 17.8 Å². The van der Waals surface area contributed by atoms with Crippen molar-refractivity contribution >= 4 is 17.4 Å². The van der Waals surface area contributed by atoms with Gasteiger partial charge >= 0.3 is 6.18 Å². The van der Waals surface area contributed by atoms with Crippen molar-refractivity contribution in [1.82, 2.24) is 15.0 Å². The molecule has 4 rings (SSSR count). The smallest absolute Gasteiger partial charge is 0.417 e. The molecule has 0 saturated heterocycles. The minimum atomic E-state index is -4.62. The quantitative estimate of drug-likeness (QED) is 0.280. The molecule has 4 aromatic rings. The van der Waals surface area contributed by atoms with Crippen LogP contribution in [0.5, 0.6) is 11.5 Å². The van der Waals surface area contributed by atoms with Gasteiger partial charge in [0, 0.05) is 29.7 Å². The van der Waals surface area contributed by atoms with Crippen LogP contribution in [0.15, 0.2) is 67.0 Å². The first-order chi connectivity index (χ1) is 18.6. The summed E-state index contributed by atoms with van der Waals surface area (Å²) in [6, 6.07) is 15.3. The molecule has 0 radical (unpaired) electrons. The second-order valence-electron chi connectivity index (χ2n) is 8.37. The van der Waals surface area contributed by atoms with Crippen LogP contribution in [0.2, 0.25) is 0 Å². The molecule has 1 amide bonds. The van der Waals surface area contributed by atoms with Crippen molar-refractivity contribution in [3.63, 3.8) is 0 Å². The largest absolute Gasteiger partial charge is 0.504 e. The van der Waals surface area contributed by atoms with Gasteiger partial charge in [0.05, 0.1) is 30.0 Å². The number of methoxy groups -OCH3 is 1. The Balaban J connectivity index is 1.54. The number of aromatic nitrogens is 3. The molecule has 9 nitrogen and oxygen atoms in total. The van der Waals surface area contributed by atoms with Crippen molar-refractivity contribution in [1.29, 1.82) is 5.26 Å². The Kier molecular flexibility index (Phi) is 7.62. The number of aromatic hydroxyl groups is 1. The fraction of sp³-hybridized carbons (Fsp3) is 0.148. The lowest BCUT2D eigenvalue weighted by atomic mass is 10.1. The molecule has 0 aliphatic carbocycles. The highest BCUT2D eigenvalue weighted by Crippen LogP contribution is 2.32. The van der Waals surface area contributed by atoms with Gasteiger partial charge < -0.3 is 20.5 Å². The number of phenolic OH excluding ortho intramolecular Hbond substituents is 1. The standard InChI is InChI=1S/C27H21F3N6O3/c1-15(33-24-11-21(35-25(12-31)36-24)17-6-7-22(37)23(10-17)39-2)16-4-3-5-20(9-16)34-26(38)18-8-19(14-32-13-18)27(28,29)30/h3-11,13-15,37H,1-2H3,(H,34,38)(H,33,35,36)/t15-/m0/s1. The second-order valence-corrected chi connectivity index (χ2v) is 8.37. The predicted molar refractivity (Wildman–Crippen MR) is 136 cm³/mol. The zero-order valence-electron chi connectivity index (χ0n) is 20.6. The van der Waals surface area contributed by atoms with Gasteiger partial charge in [0.25, 0.3) is 5.91 Å². The Morgan fingerprint density at radius 1 is 1.10 bits per heavy atom. The molecular weight excluding hydrogens is 513 g/mol. The zero-order chi connectivity index (χ0) is 28.2. The van der Waals surface area contributed by atoms with E-state index in [1.165, 1.54) is 13.2 Å². The van der Waals surface area contributed by atoms with Crippen molar-refractivity contribution in [2.45, 2.75) is 19.1 Å². The molecule has 0 bridgehead atoms. The summed E-state index contributed by atoms with van der Waals surface area (Å²) in [5.41, 5.74) is 0.845. The fourth-order valence-corrected chi connectivity index (χ4v) is 3.67. The molecule has 2 heterocycles. The maximum atomic E-state index is 13.0. The number of carbonyl (C=O) groups is 1. The molecule has 0 unspecified atom stereocenters. The molecule has 0 aliphatic heterocycles. The van der Waals surface area contributed by atoms with Crippen LogP contribution in [-0.2, 0) is 6.18 Å². The van der Waals surface area contributed by atoms with Crippen molar-refractivity contribution in [3.05, 3.63) is 89.5 Å². The summed E-state index contributed by atoms with van der Waals surface area (Å²) in [6.07, 6.45) is -2.91. The topological polar surface area (TPSA) is 133 Å². The van der Waals surface area contributed by atoms with E-state index < -0.39 is 17.6 Å². The average Bonchev–Trinajstić information content (AvgIpc) is 2.92. The van der Waals surface area contributed by atoms with Gasteiger partial charge in [-0.15, -0.1) is 0 Å². The van der Waals surface area contributed by atoms with Crippen LogP contribution in [0.25, 0.3) is 11.3 Å². The third-order valence-electron chi connectivity index (χ3n) is 5.64. The van der Waals surface area contributed by atoms with E-state index in [4.69, 9.17) is 4.74 Å². The monoisotopic (exact) mass is 534 g/mol. The summed E-state index contributed by atoms with van der Waals surface area (Å²) in [4.78, 5) is 24.5. The average molecular weight is 534 g/mol. The van der Waals surface area contributed by atoms with Crippen molar-refractivity contribution in [3.8, 4) is 28.8 Å². The molecule has 2 aromatic heterocycles. The molecule has 12 heteroatoms. The van der Waals surface area contributed by atoms with Crippen molar-refractivity contribution in [2.24, 2.45) is 0 Å². The first-order valence-corrected chi connectivity index (χ1v) is 11.4. The molecule has 0 saturated carbocycles. The number of benzene rings is 2. The Morgan fingerprint density at radius 2 is 1.90 bits per heavy atom. The SMILES string of the molecule is COc1cc(-c2cc(N[C@@H](C)c3cccc(NC(=O)c4cncc(C(F)(F)F)c4)c3)nc(C#N)n2)ccc1O. The lowest BCUT2D eigenvalue weighted by molar-refractivity contribution is -0.137. The fourth-order valence-electron chi connectivity index (χ4n) is 3.67. The van der Waals surface area contributed by atoms with E-state index in [2.05, 4.69) is 25.6 Å². The number of hydrogen-bond donors (Lipinski definition) is 3. The number of ether oxygens (including phenoxy) is 1. The lowest BCUT2D eigenvalue weighted by Crippen LogP contribution is -2.15. The van der Waals surface area contributed by atoms with Crippen LogP contribution >= 0.6 is 0 Å². The van der Waals surface area contributed by atoms with Gasteiger partial charge in [0.2, 0.25) is 5.82 Å². The summed E-state index contributed by atoms with van der Waals surface area (Å²) in [7, 11) is 1.42. The molecule has 0 aliphatic rings. The third-order valence-corrected chi connectivity index (χ3v) is 5.64. The summed E-state index contributed by atoms with van der Waals surface area (Å²) in [5, 5.41) is 25.1. The highest BCUT2D eigenvalue weighted by molar-refractivity contribution is 6.04. The molecule has 2 aromatic carbocycles. The maximum Gasteiger partial charge on any atom is 0.417 e. The van der Waals surface area contributed by atoms with Crippen LogP contribution in [0.3, 0.4) is 0 Å². The number of carbonyl (C=O) groups excluding carboxylic acids is 1. The molecule has 198 valence electrons. The molecule has 0 spiro atoms. The van der Waals surface area contributed by atoms with Crippen molar-refractivity contribution in [2.75, 3.05) is 17.7 Å². The first-order valence-electron chi connectivity index (χ1n) is 11.4. The number of rotatable bonds is 7. The lowest BCUT2D eigenvalue weighted by Gasteiger charge is -2.17. The summed E-state index contributed by atoms with van der Waals surface area (Å²) in [6.45, 7) is 1.83. The third kappa shape index (κ3) is 6.40. The van der Waals surface area contributed by atoms with Gasteiger partial charge in [-0.1, -0.05) is 12.1 Å². The number of hydrogen-bond acceptors (Lipinski definition) is 8. The van der Waals surface area contributed by atoms with Crippen LogP contribution in [-0.4, -0.2) is 33.1 Å². The van der Waals surface area contributed by atoms with E-state index in [9.17, 15) is 28.3 Å². The van der Waals surface area contributed by atoms with Crippen LogP contribution in [0.1, 0.15) is 40.3 Å². The Morgan fingerprint density at radius 3 is 2.62 bits per heavy atom. The first kappa shape index (κ1) is 26.9. The minimum Gasteiger partial charge on any atom is -0.504 e. The molecule has 39 heavy (non-hydrogen) atoms. The van der Waals surface area contributed by atoms with E-state index in [0.29, 0.717) is 29.0 Å². The van der Waals surface area contributed by atoms with Crippen LogP contribution < -0.4 is 15.4 Å². The summed E-state index contributed by atoms with van der Waals surface area (Å²) < 4.78 is 44.1. The molecule has 0 fully saturated rings. The molecule has 1 atom stereocenters. The Labute approximate surface area is 221 Å². The van der Waals surface area contributed by atoms with E-state index in [1.807, 2.05) is 13.0 Å². The van der Waals surface area contributed by atoms with Gasteiger partial charge in [0.1, 0.15) is 11.9 Å². The highest BCUT2D eigenvalue weighted by Gasteiger charge is 2.31. The van der Waals surface area contributed by atoms with Gasteiger partial charge in [-0.05, 0) is 48.9 Å². The van der Waals surface area contributed by atoms with Crippen LogP contribution in [0.4, 0.5) is 24.7 Å². The molecular formula is C27H21F3N6O3. The Bertz CT molecular complexity index is 1570. The summed E-state index contributed by atoms with van der Waals surface area (Å²) >= 11 is 0. The van der Waals surface area contributed by atoms with Crippen molar-refractivity contribution < 1.29 is 27.8 Å². The number of nitrogens with one attached hydrogen (secondary N) is 2. The minimum absolute atomic E-state index is 0.0425. The van der Waals surface area contributed by atoms with Gasteiger partial charge in [-0.2, -0.15) is 18.4 Å². The second kappa shape index (κ2) is 11.1. The zero-order valence-corrected chi connectivity index (χ0v) is 20.6. The highest BCUT2D eigenvalue weighted by atomic mass is 19.4. The number of alkyl halides is 3. The number of amides is 1. The number of halogens is 3. The number of nitriles is 1. The summed E-state index contributed by atoms with van der Waals surface area (Å²) in [5.74, 6) is -0.272. The van der Waals surface area contributed by atoms with E-state index >= 15 is 0 Å². The predicted octanol–water partition coefficient (Wildman–Crippen LogP) is 5.57. The van der Waals surface area contributed by atoms with Crippen LogP contribution in [0, 0.1) is 11.3 Å². The van der Waals surface area contributed by atoms with Gasteiger partial charge in [0.15, 0.2) is 11.5 Å². The Hall–Kier alpha value is -5.18. The molecule has 3 N–H and O–H groups in total.